The van der Waals surface area contributed by atoms with E-state index >= 15 is 0 Å². The summed E-state index contributed by atoms with van der Waals surface area (Å²) < 4.78 is 6.86. The van der Waals surface area contributed by atoms with E-state index < -0.39 is 5.97 Å². The van der Waals surface area contributed by atoms with Crippen molar-refractivity contribution in [2.75, 3.05) is 13.2 Å². The number of amides is 1. The van der Waals surface area contributed by atoms with E-state index in [2.05, 4.69) is 4.98 Å². The van der Waals surface area contributed by atoms with E-state index in [4.69, 9.17) is 4.74 Å². The van der Waals surface area contributed by atoms with Gasteiger partial charge in [-0.1, -0.05) is 12.8 Å². The van der Waals surface area contributed by atoms with Crippen LogP contribution in [0.3, 0.4) is 0 Å². The topological polar surface area (TPSA) is 81.5 Å². The van der Waals surface area contributed by atoms with Gasteiger partial charge in [-0.3, -0.25) is 14.6 Å². The second-order valence-corrected chi connectivity index (χ2v) is 8.17. The summed E-state index contributed by atoms with van der Waals surface area (Å²) in [7, 11) is 1.75. The van der Waals surface area contributed by atoms with E-state index in [1.807, 2.05) is 19.1 Å². The predicted molar refractivity (Wildman–Crippen MR) is 117 cm³/mol. The summed E-state index contributed by atoms with van der Waals surface area (Å²) in [6.07, 6.45) is 7.21. The van der Waals surface area contributed by atoms with Crippen LogP contribution in [-0.4, -0.2) is 45.3 Å². The van der Waals surface area contributed by atoms with E-state index in [0.717, 1.165) is 31.2 Å². The number of ketones is 1. The summed E-state index contributed by atoms with van der Waals surface area (Å²) in [5.41, 5.74) is 3.10. The molecule has 1 aliphatic rings. The van der Waals surface area contributed by atoms with Crippen molar-refractivity contribution in [1.82, 2.24) is 14.5 Å². The molecule has 1 saturated carbocycles. The fraction of sp³-hybridized carbons (Fsp3) is 0.500. The highest BCUT2D eigenvalue weighted by Crippen LogP contribution is 2.28. The molecular formula is C24H31N3O4. The standard InChI is InChI=1S/C24H31N3O4/c1-5-31-24(30)22-16(2)21(17(3)26(22)4)20(28)15-27(14-18-10-12-25-13-11-18)23(29)19-8-6-7-9-19/h10-13,19H,5-9,14-15H2,1-4H3. The average Bonchev–Trinajstić information content (AvgIpc) is 3.35. The summed E-state index contributed by atoms with van der Waals surface area (Å²) in [4.78, 5) is 44.7. The summed E-state index contributed by atoms with van der Waals surface area (Å²) in [5.74, 6) is -0.607. The maximum atomic E-state index is 13.4. The lowest BCUT2D eigenvalue weighted by molar-refractivity contribution is -0.135. The zero-order valence-corrected chi connectivity index (χ0v) is 18.8. The van der Waals surface area contributed by atoms with Crippen LogP contribution in [0, 0.1) is 19.8 Å². The van der Waals surface area contributed by atoms with Gasteiger partial charge in [0.15, 0.2) is 5.78 Å². The molecule has 7 heteroatoms. The largest absolute Gasteiger partial charge is 0.461 e. The fourth-order valence-corrected chi connectivity index (χ4v) is 4.48. The van der Waals surface area contributed by atoms with E-state index in [1.165, 1.54) is 0 Å². The van der Waals surface area contributed by atoms with Gasteiger partial charge in [0.1, 0.15) is 5.69 Å². The van der Waals surface area contributed by atoms with Crippen LogP contribution >= 0.6 is 0 Å². The average molecular weight is 426 g/mol. The highest BCUT2D eigenvalue weighted by molar-refractivity contribution is 6.04. The molecular weight excluding hydrogens is 394 g/mol. The third kappa shape index (κ3) is 4.86. The molecule has 1 aliphatic carbocycles. The first-order chi connectivity index (χ1) is 14.8. The lowest BCUT2D eigenvalue weighted by Crippen LogP contribution is -2.38. The molecule has 31 heavy (non-hydrogen) atoms. The minimum absolute atomic E-state index is 0.0222. The number of pyridine rings is 1. The molecule has 0 atom stereocenters. The Morgan fingerprint density at radius 2 is 1.81 bits per heavy atom. The number of carbonyl (C=O) groups is 3. The van der Waals surface area contributed by atoms with Crippen molar-refractivity contribution in [2.45, 2.75) is 53.0 Å². The molecule has 2 aromatic rings. The summed E-state index contributed by atoms with van der Waals surface area (Å²) in [6.45, 7) is 5.93. The molecule has 0 spiro atoms. The Hall–Kier alpha value is -2.96. The van der Waals surface area contributed by atoms with E-state index in [9.17, 15) is 14.4 Å². The molecule has 0 aromatic carbocycles. The van der Waals surface area contributed by atoms with Gasteiger partial charge in [-0.05, 0) is 56.9 Å². The Morgan fingerprint density at radius 1 is 1.16 bits per heavy atom. The van der Waals surface area contributed by atoms with Crippen LogP contribution < -0.4 is 0 Å². The van der Waals surface area contributed by atoms with E-state index in [-0.39, 0.29) is 30.8 Å². The van der Waals surface area contributed by atoms with Crippen LogP contribution in [0.5, 0.6) is 0 Å². The molecule has 1 amide bonds. The van der Waals surface area contributed by atoms with E-state index in [0.29, 0.717) is 29.1 Å². The highest BCUT2D eigenvalue weighted by atomic mass is 16.5. The van der Waals surface area contributed by atoms with Crippen molar-refractivity contribution >= 4 is 17.7 Å². The maximum Gasteiger partial charge on any atom is 0.355 e. The molecule has 0 bridgehead atoms. The van der Waals surface area contributed by atoms with Gasteiger partial charge >= 0.3 is 5.97 Å². The molecule has 7 nitrogen and oxygen atoms in total. The molecule has 0 N–H and O–H groups in total. The number of carbonyl (C=O) groups excluding carboxylic acids is 3. The predicted octanol–water partition coefficient (Wildman–Crippen LogP) is 3.62. The quantitative estimate of drug-likeness (QED) is 0.477. The van der Waals surface area contributed by atoms with Gasteiger partial charge in [-0.2, -0.15) is 0 Å². The van der Waals surface area contributed by atoms with Gasteiger partial charge in [-0.25, -0.2) is 4.79 Å². The Morgan fingerprint density at radius 3 is 2.42 bits per heavy atom. The Labute approximate surface area is 183 Å². The molecule has 2 heterocycles. The van der Waals surface area contributed by atoms with Gasteiger partial charge in [0, 0.05) is 43.2 Å². The van der Waals surface area contributed by atoms with Crippen LogP contribution in [0.15, 0.2) is 24.5 Å². The van der Waals surface area contributed by atoms with Crippen molar-refractivity contribution in [2.24, 2.45) is 13.0 Å². The molecule has 0 saturated heterocycles. The molecule has 0 radical (unpaired) electrons. The molecule has 1 fully saturated rings. The van der Waals surface area contributed by atoms with Crippen molar-refractivity contribution in [3.05, 3.63) is 52.6 Å². The molecule has 3 rings (SSSR count). The second-order valence-electron chi connectivity index (χ2n) is 8.17. The number of rotatable bonds is 8. The number of hydrogen-bond donors (Lipinski definition) is 0. The molecule has 0 unspecified atom stereocenters. The summed E-state index contributed by atoms with van der Waals surface area (Å²) >= 11 is 0. The number of hydrogen-bond acceptors (Lipinski definition) is 5. The zero-order chi connectivity index (χ0) is 22.5. The number of ether oxygens (including phenoxy) is 1. The third-order valence-electron chi connectivity index (χ3n) is 6.15. The van der Waals surface area contributed by atoms with Crippen LogP contribution in [0.2, 0.25) is 0 Å². The first-order valence-corrected chi connectivity index (χ1v) is 10.9. The van der Waals surface area contributed by atoms with Crippen LogP contribution in [0.25, 0.3) is 0 Å². The third-order valence-corrected chi connectivity index (χ3v) is 6.15. The van der Waals surface area contributed by atoms with Crippen molar-refractivity contribution < 1.29 is 19.1 Å². The normalized spacial score (nSPS) is 13.9. The molecule has 166 valence electrons. The van der Waals surface area contributed by atoms with Crippen LogP contribution in [-0.2, 0) is 23.1 Å². The summed E-state index contributed by atoms with van der Waals surface area (Å²) in [6, 6.07) is 3.72. The number of nitrogens with zero attached hydrogens (tertiary/aromatic N) is 3. The first kappa shape index (κ1) is 22.7. The Balaban J connectivity index is 1.88. The highest BCUT2D eigenvalue weighted by Gasteiger charge is 2.31. The van der Waals surface area contributed by atoms with Gasteiger partial charge in [-0.15, -0.1) is 0 Å². The minimum atomic E-state index is -0.444. The minimum Gasteiger partial charge on any atom is -0.461 e. The number of Topliss-reactive ketones (excluding diaryl/α,β-unsaturated/α-hetero) is 1. The lowest BCUT2D eigenvalue weighted by Gasteiger charge is -2.25. The first-order valence-electron chi connectivity index (χ1n) is 10.9. The smallest absolute Gasteiger partial charge is 0.355 e. The Bertz CT molecular complexity index is 959. The van der Waals surface area contributed by atoms with Gasteiger partial charge < -0.3 is 14.2 Å². The monoisotopic (exact) mass is 425 g/mol. The van der Waals surface area contributed by atoms with Gasteiger partial charge in [0.2, 0.25) is 5.91 Å². The number of aromatic nitrogens is 2. The van der Waals surface area contributed by atoms with Crippen molar-refractivity contribution in [3.8, 4) is 0 Å². The lowest BCUT2D eigenvalue weighted by atomic mass is 10.0. The van der Waals surface area contributed by atoms with E-state index in [1.54, 1.807) is 42.8 Å². The fourth-order valence-electron chi connectivity index (χ4n) is 4.48. The molecule has 2 aromatic heterocycles. The maximum absolute atomic E-state index is 13.4. The van der Waals surface area contributed by atoms with Crippen LogP contribution in [0.1, 0.15) is 70.3 Å². The molecule has 0 aliphatic heterocycles. The summed E-state index contributed by atoms with van der Waals surface area (Å²) in [5, 5.41) is 0. The van der Waals surface area contributed by atoms with Gasteiger partial charge in [0.25, 0.3) is 0 Å². The SMILES string of the molecule is CCOC(=O)c1c(C)c(C(=O)CN(Cc2ccncc2)C(=O)C2CCCC2)c(C)n1C. The number of esters is 1. The second kappa shape index (κ2) is 9.90. The van der Waals surface area contributed by atoms with Gasteiger partial charge in [0.05, 0.1) is 13.2 Å². The zero-order valence-electron chi connectivity index (χ0n) is 18.8. The van der Waals surface area contributed by atoms with Crippen molar-refractivity contribution in [3.63, 3.8) is 0 Å². The van der Waals surface area contributed by atoms with Crippen molar-refractivity contribution in [1.29, 1.82) is 0 Å². The van der Waals surface area contributed by atoms with Crippen LogP contribution in [0.4, 0.5) is 0 Å². The Kier molecular flexibility index (Phi) is 7.25.